The third-order valence-electron chi connectivity index (χ3n) is 4.59. The van der Waals surface area contributed by atoms with Crippen molar-refractivity contribution in [3.8, 4) is 0 Å². The Bertz CT molecular complexity index is 755. The smallest absolute Gasteiger partial charge is 0.226 e. The van der Waals surface area contributed by atoms with Crippen LogP contribution in [0, 0.1) is 13.8 Å². The summed E-state index contributed by atoms with van der Waals surface area (Å²) in [5.41, 5.74) is 5.35. The number of aryl methyl sites for hydroxylation is 2. The number of ether oxygens (including phenoxy) is 1. The van der Waals surface area contributed by atoms with Crippen LogP contribution in [0.3, 0.4) is 0 Å². The van der Waals surface area contributed by atoms with Crippen LogP contribution in [0.4, 0.5) is 17.1 Å². The van der Waals surface area contributed by atoms with E-state index in [0.717, 1.165) is 48.8 Å². The molecule has 1 saturated heterocycles. The normalized spacial score (nSPS) is 14.2. The molecule has 0 bridgehead atoms. The van der Waals surface area contributed by atoms with Gasteiger partial charge in [-0.1, -0.05) is 24.3 Å². The van der Waals surface area contributed by atoms with E-state index in [1.54, 1.807) is 0 Å². The van der Waals surface area contributed by atoms with Crippen LogP contribution in [0.2, 0.25) is 0 Å². The highest BCUT2D eigenvalue weighted by Crippen LogP contribution is 2.26. The molecule has 2 aromatic rings. The molecule has 1 heterocycles. The van der Waals surface area contributed by atoms with Gasteiger partial charge in [-0.2, -0.15) is 0 Å². The van der Waals surface area contributed by atoms with Crippen molar-refractivity contribution in [3.05, 3.63) is 53.6 Å². The quantitative estimate of drug-likeness (QED) is 0.833. The first-order valence-electron chi connectivity index (χ1n) is 9.16. The molecule has 0 unspecified atom stereocenters. The zero-order chi connectivity index (χ0) is 18.4. The molecule has 2 aromatic carbocycles. The summed E-state index contributed by atoms with van der Waals surface area (Å²) in [5, 5.41) is 6.42. The fourth-order valence-corrected chi connectivity index (χ4v) is 3.10. The lowest BCUT2D eigenvalue weighted by Gasteiger charge is -2.30. The SMILES string of the molecule is Cc1ccc(C)c(NC(=O)CCNc2ccccc2N2CCOCC2)c1. The van der Waals surface area contributed by atoms with Crippen molar-refractivity contribution in [1.29, 1.82) is 0 Å². The van der Waals surface area contributed by atoms with Crippen LogP contribution in [-0.2, 0) is 9.53 Å². The van der Waals surface area contributed by atoms with Crippen LogP contribution in [0.15, 0.2) is 42.5 Å². The van der Waals surface area contributed by atoms with Gasteiger partial charge in [0, 0.05) is 31.7 Å². The lowest BCUT2D eigenvalue weighted by atomic mass is 10.1. The van der Waals surface area contributed by atoms with E-state index in [9.17, 15) is 4.79 Å². The number of amides is 1. The van der Waals surface area contributed by atoms with Crippen molar-refractivity contribution in [1.82, 2.24) is 0 Å². The van der Waals surface area contributed by atoms with Crippen molar-refractivity contribution in [2.75, 3.05) is 48.4 Å². The van der Waals surface area contributed by atoms with Crippen molar-refractivity contribution in [3.63, 3.8) is 0 Å². The van der Waals surface area contributed by atoms with Gasteiger partial charge in [0.15, 0.2) is 0 Å². The maximum atomic E-state index is 12.3. The van der Waals surface area contributed by atoms with E-state index in [1.807, 2.05) is 38.1 Å². The van der Waals surface area contributed by atoms with Gasteiger partial charge in [-0.15, -0.1) is 0 Å². The minimum atomic E-state index is 0.0232. The lowest BCUT2D eigenvalue weighted by Crippen LogP contribution is -2.36. The van der Waals surface area contributed by atoms with E-state index < -0.39 is 0 Å². The highest BCUT2D eigenvalue weighted by atomic mass is 16.5. The van der Waals surface area contributed by atoms with Crippen molar-refractivity contribution in [2.24, 2.45) is 0 Å². The van der Waals surface area contributed by atoms with Crippen molar-refractivity contribution in [2.45, 2.75) is 20.3 Å². The van der Waals surface area contributed by atoms with Gasteiger partial charge in [-0.05, 0) is 43.2 Å². The van der Waals surface area contributed by atoms with Gasteiger partial charge in [-0.25, -0.2) is 0 Å². The first-order chi connectivity index (χ1) is 12.6. The Morgan fingerprint density at radius 1 is 1.08 bits per heavy atom. The van der Waals surface area contributed by atoms with Crippen LogP contribution in [-0.4, -0.2) is 38.8 Å². The Labute approximate surface area is 155 Å². The number of morpholine rings is 1. The predicted molar refractivity (Wildman–Crippen MR) is 107 cm³/mol. The molecule has 26 heavy (non-hydrogen) atoms. The van der Waals surface area contributed by atoms with Crippen LogP contribution >= 0.6 is 0 Å². The summed E-state index contributed by atoms with van der Waals surface area (Å²) in [4.78, 5) is 14.6. The van der Waals surface area contributed by atoms with Gasteiger partial charge in [0.05, 0.1) is 24.6 Å². The topological polar surface area (TPSA) is 53.6 Å². The minimum absolute atomic E-state index is 0.0232. The standard InChI is InChI=1S/C21H27N3O2/c1-16-7-8-17(2)19(15-16)23-21(25)9-10-22-18-5-3-4-6-20(18)24-11-13-26-14-12-24/h3-8,15,22H,9-14H2,1-2H3,(H,23,25). The van der Waals surface area contributed by atoms with Crippen LogP contribution in [0.5, 0.6) is 0 Å². The van der Waals surface area contributed by atoms with Crippen LogP contribution in [0.25, 0.3) is 0 Å². The number of rotatable bonds is 6. The molecule has 0 saturated carbocycles. The van der Waals surface area contributed by atoms with Crippen LogP contribution < -0.4 is 15.5 Å². The molecular weight excluding hydrogens is 326 g/mol. The van der Waals surface area contributed by atoms with Crippen LogP contribution in [0.1, 0.15) is 17.5 Å². The lowest BCUT2D eigenvalue weighted by molar-refractivity contribution is -0.115. The molecule has 1 aliphatic heterocycles. The number of hydrogen-bond donors (Lipinski definition) is 2. The molecule has 0 aliphatic carbocycles. The zero-order valence-corrected chi connectivity index (χ0v) is 15.5. The highest BCUT2D eigenvalue weighted by Gasteiger charge is 2.14. The molecular formula is C21H27N3O2. The predicted octanol–water partition coefficient (Wildman–Crippen LogP) is 3.58. The molecule has 0 aromatic heterocycles. The summed E-state index contributed by atoms with van der Waals surface area (Å²) in [7, 11) is 0. The summed E-state index contributed by atoms with van der Waals surface area (Å²) in [6.07, 6.45) is 0.421. The first kappa shape index (κ1) is 18.3. The van der Waals surface area contributed by atoms with E-state index in [0.29, 0.717) is 13.0 Å². The number of anilines is 3. The molecule has 1 amide bonds. The van der Waals surface area contributed by atoms with Gasteiger partial charge < -0.3 is 20.3 Å². The second-order valence-electron chi connectivity index (χ2n) is 6.66. The Morgan fingerprint density at radius 3 is 2.65 bits per heavy atom. The number of benzene rings is 2. The fourth-order valence-electron chi connectivity index (χ4n) is 3.10. The molecule has 1 aliphatic rings. The Balaban J connectivity index is 1.55. The average Bonchev–Trinajstić information content (AvgIpc) is 2.66. The highest BCUT2D eigenvalue weighted by molar-refractivity contribution is 5.92. The Morgan fingerprint density at radius 2 is 1.85 bits per heavy atom. The van der Waals surface area contributed by atoms with E-state index in [4.69, 9.17) is 4.74 Å². The molecule has 3 rings (SSSR count). The molecule has 0 radical (unpaired) electrons. The van der Waals surface area contributed by atoms with Gasteiger partial charge in [-0.3, -0.25) is 4.79 Å². The van der Waals surface area contributed by atoms with E-state index >= 15 is 0 Å². The number of nitrogens with zero attached hydrogens (tertiary/aromatic N) is 1. The number of carbonyl (C=O) groups is 1. The summed E-state index contributed by atoms with van der Waals surface area (Å²) in [6.45, 7) is 7.93. The third kappa shape index (κ3) is 4.76. The molecule has 0 spiro atoms. The summed E-state index contributed by atoms with van der Waals surface area (Å²) >= 11 is 0. The maximum absolute atomic E-state index is 12.3. The number of carbonyl (C=O) groups excluding carboxylic acids is 1. The monoisotopic (exact) mass is 353 g/mol. The summed E-state index contributed by atoms with van der Waals surface area (Å²) in [6, 6.07) is 14.3. The number of nitrogens with one attached hydrogen (secondary N) is 2. The summed E-state index contributed by atoms with van der Waals surface area (Å²) < 4.78 is 5.43. The summed E-state index contributed by atoms with van der Waals surface area (Å²) in [5.74, 6) is 0.0232. The van der Waals surface area contributed by atoms with Crippen molar-refractivity contribution >= 4 is 23.0 Å². The molecule has 138 valence electrons. The Hall–Kier alpha value is -2.53. The van der Waals surface area contributed by atoms with Gasteiger partial charge in [0.2, 0.25) is 5.91 Å². The molecule has 5 nitrogen and oxygen atoms in total. The second kappa shape index (κ2) is 8.72. The molecule has 2 N–H and O–H groups in total. The van der Waals surface area contributed by atoms with E-state index in [2.05, 4.69) is 33.7 Å². The average molecular weight is 353 g/mol. The first-order valence-corrected chi connectivity index (χ1v) is 9.16. The van der Waals surface area contributed by atoms with Crippen molar-refractivity contribution < 1.29 is 9.53 Å². The fraction of sp³-hybridized carbons (Fsp3) is 0.381. The van der Waals surface area contributed by atoms with E-state index in [-0.39, 0.29) is 5.91 Å². The third-order valence-corrected chi connectivity index (χ3v) is 4.59. The van der Waals surface area contributed by atoms with Gasteiger partial charge in [0.25, 0.3) is 0 Å². The molecule has 5 heteroatoms. The minimum Gasteiger partial charge on any atom is -0.383 e. The van der Waals surface area contributed by atoms with E-state index in [1.165, 1.54) is 5.69 Å². The number of para-hydroxylation sites is 2. The largest absolute Gasteiger partial charge is 0.383 e. The molecule has 1 fully saturated rings. The zero-order valence-electron chi connectivity index (χ0n) is 15.5. The maximum Gasteiger partial charge on any atom is 0.226 e. The number of hydrogen-bond acceptors (Lipinski definition) is 4. The van der Waals surface area contributed by atoms with Gasteiger partial charge >= 0.3 is 0 Å². The second-order valence-corrected chi connectivity index (χ2v) is 6.66. The molecule has 0 atom stereocenters. The Kier molecular flexibility index (Phi) is 6.12. The van der Waals surface area contributed by atoms with Gasteiger partial charge in [0.1, 0.15) is 0 Å².